The van der Waals surface area contributed by atoms with Gasteiger partial charge in [-0.15, -0.1) is 0 Å². The van der Waals surface area contributed by atoms with Crippen molar-refractivity contribution in [1.82, 2.24) is 4.90 Å². The summed E-state index contributed by atoms with van der Waals surface area (Å²) in [5, 5.41) is 4.46. The van der Waals surface area contributed by atoms with Gasteiger partial charge in [-0.05, 0) is 48.3 Å². The molecule has 1 aliphatic heterocycles. The predicted molar refractivity (Wildman–Crippen MR) is 62.7 cm³/mol. The van der Waals surface area contributed by atoms with Gasteiger partial charge in [0.25, 0.3) is 0 Å². The van der Waals surface area contributed by atoms with E-state index in [9.17, 15) is 0 Å². The maximum absolute atomic E-state index is 2.61. The van der Waals surface area contributed by atoms with Crippen molar-refractivity contribution >= 4 is 11.3 Å². The first-order valence-corrected chi connectivity index (χ1v) is 6.63. The highest BCUT2D eigenvalue weighted by Gasteiger charge is 2.08. The van der Waals surface area contributed by atoms with Crippen molar-refractivity contribution < 1.29 is 0 Å². The zero-order chi connectivity index (χ0) is 9.64. The first-order valence-electron chi connectivity index (χ1n) is 5.68. The van der Waals surface area contributed by atoms with E-state index in [2.05, 4.69) is 21.7 Å². The van der Waals surface area contributed by atoms with Gasteiger partial charge in [0.05, 0.1) is 0 Å². The maximum atomic E-state index is 2.61. The van der Waals surface area contributed by atoms with Crippen molar-refractivity contribution in [3.05, 3.63) is 22.4 Å². The van der Waals surface area contributed by atoms with Crippen LogP contribution in [0.1, 0.15) is 37.7 Å². The van der Waals surface area contributed by atoms with Crippen LogP contribution in [0.5, 0.6) is 0 Å². The second-order valence-corrected chi connectivity index (χ2v) is 4.96. The molecule has 2 heteroatoms. The molecule has 1 aromatic rings. The molecule has 0 N–H and O–H groups in total. The van der Waals surface area contributed by atoms with Gasteiger partial charge in [0, 0.05) is 6.54 Å². The minimum absolute atomic E-state index is 1.17. The van der Waals surface area contributed by atoms with Crippen molar-refractivity contribution in [3.8, 4) is 0 Å². The molecule has 1 aliphatic rings. The molecule has 14 heavy (non-hydrogen) atoms. The summed E-state index contributed by atoms with van der Waals surface area (Å²) in [4.78, 5) is 2.61. The Kier molecular flexibility index (Phi) is 4.02. The third kappa shape index (κ3) is 3.10. The van der Waals surface area contributed by atoms with E-state index in [-0.39, 0.29) is 0 Å². The molecule has 2 heterocycles. The van der Waals surface area contributed by atoms with Crippen LogP contribution in [0.2, 0.25) is 0 Å². The summed E-state index contributed by atoms with van der Waals surface area (Å²) in [5.41, 5.74) is 1.50. The van der Waals surface area contributed by atoms with E-state index in [1.807, 2.05) is 11.3 Å². The van der Waals surface area contributed by atoms with Gasteiger partial charge in [-0.2, -0.15) is 11.3 Å². The molecule has 0 aliphatic carbocycles. The van der Waals surface area contributed by atoms with Crippen LogP contribution in [0.15, 0.2) is 16.8 Å². The summed E-state index contributed by atoms with van der Waals surface area (Å²) < 4.78 is 0. The number of thiophene rings is 1. The van der Waals surface area contributed by atoms with E-state index in [1.54, 1.807) is 0 Å². The lowest BCUT2D eigenvalue weighted by atomic mass is 10.1. The smallest absolute Gasteiger partial charge is 0.0241 e. The fourth-order valence-corrected chi connectivity index (χ4v) is 2.77. The highest BCUT2D eigenvalue weighted by Crippen LogP contribution is 2.14. The number of nitrogens with zero attached hydrogens (tertiary/aromatic N) is 1. The Morgan fingerprint density at radius 1 is 1.07 bits per heavy atom. The topological polar surface area (TPSA) is 3.24 Å². The fourth-order valence-electron chi connectivity index (χ4n) is 2.11. The molecule has 1 aromatic heterocycles. The zero-order valence-corrected chi connectivity index (χ0v) is 9.56. The SMILES string of the molecule is c1cc(CN2CCCCCCC2)cs1. The Morgan fingerprint density at radius 3 is 2.43 bits per heavy atom. The normalized spacial score (nSPS) is 20.3. The van der Waals surface area contributed by atoms with Crippen molar-refractivity contribution in [2.24, 2.45) is 0 Å². The van der Waals surface area contributed by atoms with Gasteiger partial charge in [0.15, 0.2) is 0 Å². The van der Waals surface area contributed by atoms with Crippen molar-refractivity contribution in [2.45, 2.75) is 38.6 Å². The molecule has 0 aromatic carbocycles. The van der Waals surface area contributed by atoms with Crippen molar-refractivity contribution in [1.29, 1.82) is 0 Å². The highest BCUT2D eigenvalue weighted by molar-refractivity contribution is 7.07. The fraction of sp³-hybridized carbons (Fsp3) is 0.667. The van der Waals surface area contributed by atoms with Gasteiger partial charge >= 0.3 is 0 Å². The molecule has 1 fully saturated rings. The van der Waals surface area contributed by atoms with Gasteiger partial charge < -0.3 is 0 Å². The second kappa shape index (κ2) is 5.52. The van der Waals surface area contributed by atoms with E-state index < -0.39 is 0 Å². The van der Waals surface area contributed by atoms with Crippen LogP contribution >= 0.6 is 11.3 Å². The molecule has 0 amide bonds. The minimum atomic E-state index is 1.17. The van der Waals surface area contributed by atoms with Crippen LogP contribution < -0.4 is 0 Å². The maximum Gasteiger partial charge on any atom is 0.0241 e. The van der Waals surface area contributed by atoms with Gasteiger partial charge in [-0.3, -0.25) is 4.90 Å². The lowest BCUT2D eigenvalue weighted by Crippen LogP contribution is -2.26. The van der Waals surface area contributed by atoms with E-state index in [4.69, 9.17) is 0 Å². The Bertz CT molecular complexity index is 235. The van der Waals surface area contributed by atoms with Crippen LogP contribution in [-0.4, -0.2) is 18.0 Å². The van der Waals surface area contributed by atoms with Crippen LogP contribution in [-0.2, 0) is 6.54 Å². The standard InChI is InChI=1S/C12H19NS/c1-2-4-7-13(8-5-3-1)10-12-6-9-14-11-12/h6,9,11H,1-5,7-8,10H2. The van der Waals surface area contributed by atoms with Crippen LogP contribution in [0, 0.1) is 0 Å². The van der Waals surface area contributed by atoms with Crippen molar-refractivity contribution in [3.63, 3.8) is 0 Å². The number of rotatable bonds is 2. The Hall–Kier alpha value is -0.340. The van der Waals surface area contributed by atoms with E-state index in [0.717, 1.165) is 0 Å². The third-order valence-corrected chi connectivity index (χ3v) is 3.67. The van der Waals surface area contributed by atoms with Crippen LogP contribution in [0.3, 0.4) is 0 Å². The molecule has 0 spiro atoms. The Morgan fingerprint density at radius 2 is 1.79 bits per heavy atom. The molecule has 0 saturated carbocycles. The van der Waals surface area contributed by atoms with Crippen LogP contribution in [0.25, 0.3) is 0 Å². The average Bonchev–Trinajstić information content (AvgIpc) is 2.62. The van der Waals surface area contributed by atoms with E-state index in [1.165, 1.54) is 57.3 Å². The molecule has 2 rings (SSSR count). The molecular formula is C12H19NS. The third-order valence-electron chi connectivity index (χ3n) is 2.93. The van der Waals surface area contributed by atoms with E-state index >= 15 is 0 Å². The quantitative estimate of drug-likeness (QED) is 0.720. The summed E-state index contributed by atoms with van der Waals surface area (Å²) in [7, 11) is 0. The zero-order valence-electron chi connectivity index (χ0n) is 8.74. The summed E-state index contributed by atoms with van der Waals surface area (Å²) in [5.74, 6) is 0. The molecule has 78 valence electrons. The highest BCUT2D eigenvalue weighted by atomic mass is 32.1. The van der Waals surface area contributed by atoms with Crippen molar-refractivity contribution in [2.75, 3.05) is 13.1 Å². The van der Waals surface area contributed by atoms with E-state index in [0.29, 0.717) is 0 Å². The molecule has 0 radical (unpaired) electrons. The van der Waals surface area contributed by atoms with Gasteiger partial charge in [0.2, 0.25) is 0 Å². The molecular weight excluding hydrogens is 190 g/mol. The number of hydrogen-bond acceptors (Lipinski definition) is 2. The number of hydrogen-bond donors (Lipinski definition) is 0. The lowest BCUT2D eigenvalue weighted by molar-refractivity contribution is 0.240. The first kappa shape index (κ1) is 10.2. The predicted octanol–water partition coefficient (Wildman–Crippen LogP) is 3.51. The Labute approximate surface area is 90.7 Å². The second-order valence-electron chi connectivity index (χ2n) is 4.18. The largest absolute Gasteiger partial charge is 0.299 e. The molecule has 0 unspecified atom stereocenters. The molecule has 1 saturated heterocycles. The summed E-state index contributed by atoms with van der Waals surface area (Å²) in [6.07, 6.45) is 7.10. The summed E-state index contributed by atoms with van der Waals surface area (Å²) >= 11 is 1.81. The molecule has 0 atom stereocenters. The average molecular weight is 209 g/mol. The van der Waals surface area contributed by atoms with Gasteiger partial charge in [0.1, 0.15) is 0 Å². The first-order chi connectivity index (χ1) is 6.95. The van der Waals surface area contributed by atoms with Crippen LogP contribution in [0.4, 0.5) is 0 Å². The lowest BCUT2D eigenvalue weighted by Gasteiger charge is -2.23. The number of likely N-dealkylation sites (tertiary alicyclic amines) is 1. The molecule has 1 nitrogen and oxygen atoms in total. The Balaban J connectivity index is 1.83. The molecule has 0 bridgehead atoms. The summed E-state index contributed by atoms with van der Waals surface area (Å²) in [6.45, 7) is 3.77. The van der Waals surface area contributed by atoms with Gasteiger partial charge in [-0.25, -0.2) is 0 Å². The van der Waals surface area contributed by atoms with Gasteiger partial charge in [-0.1, -0.05) is 19.3 Å². The minimum Gasteiger partial charge on any atom is -0.299 e. The summed E-state index contributed by atoms with van der Waals surface area (Å²) in [6, 6.07) is 2.25. The monoisotopic (exact) mass is 209 g/mol.